The third-order valence-electron chi connectivity index (χ3n) is 12.0. The number of fused-ring (bicyclic) bond motifs is 2. The number of carbonyl (C=O) groups is 2. The van der Waals surface area contributed by atoms with E-state index in [1.54, 1.807) is 35.2 Å². The molecule has 0 aromatic heterocycles. The first-order valence-corrected chi connectivity index (χ1v) is 22.1. The van der Waals surface area contributed by atoms with E-state index < -0.39 is 34.4 Å². The normalized spacial score (nSPS) is 22.8. The van der Waals surface area contributed by atoms with E-state index in [1.165, 1.54) is 31.4 Å². The molecule has 1 amide bonds. The SMILES string of the molecule is C=CCO[C@@]12Oc3ccc(Oc4ccc(OC)c(C=O)c4)cc3[C@H]3[C@H](CCCCO)[C@@H](CCCCO)C=C(C(=NOC(C)(C)C)C[C@@H]1N(CCC)C(=O)Oc1ccc([N+](=O)[O-])cc1)[C@H]32. The number of hydrogen-bond acceptors (Lipinski definition) is 13. The van der Waals surface area contributed by atoms with Gasteiger partial charge < -0.3 is 38.7 Å². The van der Waals surface area contributed by atoms with Gasteiger partial charge in [0.05, 0.1) is 35.8 Å². The molecule has 1 fully saturated rings. The minimum absolute atomic E-state index is 0.00101. The summed E-state index contributed by atoms with van der Waals surface area (Å²) in [5.41, 5.74) is 1.87. The first-order chi connectivity index (χ1) is 30.8. The number of benzene rings is 3. The fourth-order valence-electron chi connectivity index (χ4n) is 9.32. The molecule has 64 heavy (non-hydrogen) atoms. The van der Waals surface area contributed by atoms with Gasteiger partial charge in [-0.1, -0.05) is 37.1 Å². The number of nitro groups is 1. The molecule has 15 nitrogen and oxygen atoms in total. The Morgan fingerprint density at radius 3 is 2.34 bits per heavy atom. The van der Waals surface area contributed by atoms with E-state index in [0.29, 0.717) is 59.8 Å². The molecule has 1 aliphatic heterocycles. The van der Waals surface area contributed by atoms with Gasteiger partial charge in [0.15, 0.2) is 6.29 Å². The summed E-state index contributed by atoms with van der Waals surface area (Å²) in [4.78, 5) is 45.3. The number of nitro benzene ring substituents is 1. The van der Waals surface area contributed by atoms with Gasteiger partial charge in [0.2, 0.25) is 5.79 Å². The van der Waals surface area contributed by atoms with Gasteiger partial charge in [0, 0.05) is 49.8 Å². The number of aliphatic hydroxyl groups excluding tert-OH is 2. The summed E-state index contributed by atoms with van der Waals surface area (Å²) in [7, 11) is 1.50. The number of non-ortho nitro benzene ring substituents is 1. The molecule has 0 saturated heterocycles. The maximum Gasteiger partial charge on any atom is 0.415 e. The molecule has 0 spiro atoms. The molecule has 1 saturated carbocycles. The van der Waals surface area contributed by atoms with Crippen LogP contribution in [0.1, 0.15) is 101 Å². The van der Waals surface area contributed by atoms with Crippen molar-refractivity contribution in [2.75, 3.05) is 33.5 Å². The molecule has 0 radical (unpaired) electrons. The summed E-state index contributed by atoms with van der Waals surface area (Å²) in [6.07, 6.45) is 8.85. The number of amides is 1. The zero-order valence-corrected chi connectivity index (χ0v) is 37.4. The summed E-state index contributed by atoms with van der Waals surface area (Å²) in [6, 6.07) is 15.1. The number of oxime groups is 1. The summed E-state index contributed by atoms with van der Waals surface area (Å²) in [6.45, 7) is 12.1. The summed E-state index contributed by atoms with van der Waals surface area (Å²) < 4.78 is 32.1. The fraction of sp³-hybridized carbons (Fsp3) is 0.490. The lowest BCUT2D eigenvalue weighted by molar-refractivity contribution is -0.384. The number of methoxy groups -OCH3 is 1. The van der Waals surface area contributed by atoms with Gasteiger partial charge in [-0.3, -0.25) is 19.8 Å². The van der Waals surface area contributed by atoms with Crippen LogP contribution in [0.15, 0.2) is 90.1 Å². The van der Waals surface area contributed by atoms with Crippen LogP contribution in [0.2, 0.25) is 0 Å². The van der Waals surface area contributed by atoms with E-state index in [4.69, 9.17) is 33.7 Å². The van der Waals surface area contributed by atoms with Crippen LogP contribution < -0.4 is 18.9 Å². The second kappa shape index (κ2) is 21.3. The van der Waals surface area contributed by atoms with Gasteiger partial charge in [-0.05, 0) is 119 Å². The van der Waals surface area contributed by atoms with Gasteiger partial charge >= 0.3 is 6.09 Å². The zero-order chi connectivity index (χ0) is 46.0. The lowest BCUT2D eigenvalue weighted by Crippen LogP contribution is -2.70. The Labute approximate surface area is 374 Å². The number of carbonyl (C=O) groups excluding carboxylic acids is 2. The van der Waals surface area contributed by atoms with Gasteiger partial charge in [0.25, 0.3) is 5.69 Å². The number of hydrogen-bond donors (Lipinski definition) is 2. The number of unbranched alkanes of at least 4 members (excludes halogenated alkanes) is 2. The van der Waals surface area contributed by atoms with Crippen molar-refractivity contribution in [1.29, 1.82) is 0 Å². The van der Waals surface area contributed by atoms with E-state index in [2.05, 4.69) is 12.7 Å². The largest absolute Gasteiger partial charge is 0.496 e. The highest BCUT2D eigenvalue weighted by atomic mass is 16.7. The van der Waals surface area contributed by atoms with Gasteiger partial charge in [-0.25, -0.2) is 4.79 Å². The van der Waals surface area contributed by atoms with Crippen LogP contribution in [0.3, 0.4) is 0 Å². The maximum atomic E-state index is 14.6. The Hall–Kier alpha value is -5.77. The Bertz CT molecular complexity index is 2180. The predicted molar refractivity (Wildman–Crippen MR) is 240 cm³/mol. The topological polar surface area (TPSA) is 189 Å². The van der Waals surface area contributed by atoms with Crippen molar-refractivity contribution in [2.24, 2.45) is 22.9 Å². The van der Waals surface area contributed by atoms with E-state index in [0.717, 1.165) is 36.8 Å². The van der Waals surface area contributed by atoms with Crippen molar-refractivity contribution in [2.45, 2.75) is 102 Å². The molecule has 6 rings (SSSR count). The number of ether oxygens (including phenoxy) is 5. The number of nitrogens with zero attached hydrogens (tertiary/aromatic N) is 3. The van der Waals surface area contributed by atoms with Gasteiger partial charge in [0.1, 0.15) is 40.4 Å². The lowest BCUT2D eigenvalue weighted by atomic mass is 9.55. The van der Waals surface area contributed by atoms with E-state index in [1.807, 2.05) is 39.8 Å². The Kier molecular flexibility index (Phi) is 15.9. The van der Waals surface area contributed by atoms with E-state index in [-0.39, 0.29) is 62.0 Å². The fourth-order valence-corrected chi connectivity index (χ4v) is 9.32. The van der Waals surface area contributed by atoms with Crippen molar-refractivity contribution in [1.82, 2.24) is 4.90 Å². The molecule has 15 heteroatoms. The molecule has 2 N–H and O–H groups in total. The van der Waals surface area contributed by atoms with Crippen LogP contribution in [0, 0.1) is 27.9 Å². The van der Waals surface area contributed by atoms with Crippen molar-refractivity contribution < 1.29 is 53.2 Å². The lowest BCUT2D eigenvalue weighted by Gasteiger charge is -2.60. The molecule has 0 bridgehead atoms. The van der Waals surface area contributed by atoms with Crippen molar-refractivity contribution >= 4 is 23.8 Å². The molecule has 344 valence electrons. The smallest absolute Gasteiger partial charge is 0.415 e. The summed E-state index contributed by atoms with van der Waals surface area (Å²) >= 11 is 0. The second-order valence-electron chi connectivity index (χ2n) is 17.4. The zero-order valence-electron chi connectivity index (χ0n) is 37.4. The average Bonchev–Trinajstić information content (AvgIpc) is 3.28. The van der Waals surface area contributed by atoms with Crippen LogP contribution in [-0.2, 0) is 9.57 Å². The highest BCUT2D eigenvalue weighted by Crippen LogP contribution is 2.62. The minimum Gasteiger partial charge on any atom is -0.496 e. The molecule has 1 heterocycles. The Morgan fingerprint density at radius 2 is 1.70 bits per heavy atom. The molecule has 3 aromatic carbocycles. The molecule has 6 atom stereocenters. The molecule has 0 unspecified atom stereocenters. The number of aldehydes is 1. The average molecular weight is 884 g/mol. The monoisotopic (exact) mass is 883 g/mol. The van der Waals surface area contributed by atoms with E-state index in [9.17, 15) is 29.9 Å². The molecule has 3 aliphatic rings. The highest BCUT2D eigenvalue weighted by Gasteiger charge is 2.65. The van der Waals surface area contributed by atoms with Crippen LogP contribution in [0.25, 0.3) is 0 Å². The van der Waals surface area contributed by atoms with E-state index >= 15 is 0 Å². The van der Waals surface area contributed by atoms with Crippen molar-refractivity contribution in [3.8, 4) is 28.7 Å². The minimum atomic E-state index is -1.54. The third-order valence-corrected chi connectivity index (χ3v) is 12.0. The molecule has 3 aromatic rings. The first-order valence-electron chi connectivity index (χ1n) is 22.1. The van der Waals surface area contributed by atoms with Gasteiger partial charge in [-0.15, -0.1) is 6.58 Å². The second-order valence-corrected chi connectivity index (χ2v) is 17.4. The standard InChI is InChI=1S/C49H61N3O12/c1-7-23-51(47(56)62-35-17-15-34(16-18-35)52(57)58)44-30-41(50-64-48(3,4)5)39-28-32(13-9-11-24-53)38(14-10-12-25-54)45-40-29-37(61-36-19-21-42(59-6)33(27-36)31-55)20-22-43(40)63-49(44,46(39)45)60-26-8-2/h8,15-22,27-29,31-32,38,44-46,53-54H,2,7,9-14,23-26,30H2,1,3-6H3/t32-,38+,44-,45+,46+,49+/m0/s1. The number of allylic oxidation sites excluding steroid dienone is 1. The Morgan fingerprint density at radius 1 is 1.02 bits per heavy atom. The van der Waals surface area contributed by atoms with Crippen LogP contribution in [-0.4, -0.2) is 89.0 Å². The number of rotatable bonds is 21. The molecular formula is C49H61N3O12. The van der Waals surface area contributed by atoms with Crippen LogP contribution in [0.5, 0.6) is 28.7 Å². The maximum absolute atomic E-state index is 14.6. The van der Waals surface area contributed by atoms with Crippen molar-refractivity contribution in [3.05, 3.63) is 106 Å². The highest BCUT2D eigenvalue weighted by molar-refractivity contribution is 6.03. The van der Waals surface area contributed by atoms with Crippen LogP contribution >= 0.6 is 0 Å². The van der Waals surface area contributed by atoms with Crippen LogP contribution in [0.4, 0.5) is 10.5 Å². The predicted octanol–water partition coefficient (Wildman–Crippen LogP) is 9.55. The quantitative estimate of drug-likeness (QED) is 0.0339. The van der Waals surface area contributed by atoms with Crippen molar-refractivity contribution in [3.63, 3.8) is 0 Å². The number of aliphatic hydroxyl groups is 2. The molecular weight excluding hydrogens is 823 g/mol. The summed E-state index contributed by atoms with van der Waals surface area (Å²) in [5.74, 6) is -0.474. The first kappa shape index (κ1) is 47.7. The third kappa shape index (κ3) is 10.6. The summed E-state index contributed by atoms with van der Waals surface area (Å²) in [5, 5.41) is 36.2. The Balaban J connectivity index is 1.58. The molecule has 2 aliphatic carbocycles. The van der Waals surface area contributed by atoms with Gasteiger partial charge in [-0.2, -0.15) is 0 Å².